The highest BCUT2D eigenvalue weighted by Crippen LogP contribution is 2.20. The Labute approximate surface area is 184 Å². The van der Waals surface area contributed by atoms with Gasteiger partial charge in [0.2, 0.25) is 5.91 Å². The number of benzene rings is 2. The van der Waals surface area contributed by atoms with Gasteiger partial charge in [0.25, 0.3) is 11.8 Å². The molecule has 0 saturated carbocycles. The van der Waals surface area contributed by atoms with Crippen molar-refractivity contribution in [1.29, 1.82) is 0 Å². The van der Waals surface area contributed by atoms with E-state index >= 15 is 0 Å². The van der Waals surface area contributed by atoms with Crippen LogP contribution in [0.3, 0.4) is 0 Å². The predicted molar refractivity (Wildman–Crippen MR) is 113 cm³/mol. The number of phenolic OH excluding ortho intramolecular Hbond substituents is 1. The van der Waals surface area contributed by atoms with Crippen LogP contribution in [-0.4, -0.2) is 53.9 Å². The Morgan fingerprint density at radius 1 is 1.00 bits per heavy atom. The van der Waals surface area contributed by atoms with Crippen LogP contribution in [0.4, 0.5) is 8.78 Å². The summed E-state index contributed by atoms with van der Waals surface area (Å²) >= 11 is 0. The molecule has 0 atom stereocenters. The molecule has 2 aromatic rings. The van der Waals surface area contributed by atoms with Crippen molar-refractivity contribution in [2.24, 2.45) is 5.92 Å². The molecule has 0 bridgehead atoms. The molecule has 3 rings (SSSR count). The number of likely N-dealkylation sites (tertiary alicyclic amines) is 1. The summed E-state index contributed by atoms with van der Waals surface area (Å²) in [6.07, 6.45) is 1.45. The predicted octanol–water partition coefficient (Wildman–Crippen LogP) is 2.46. The van der Waals surface area contributed by atoms with E-state index in [0.29, 0.717) is 57.1 Å². The average molecular weight is 445 g/mol. The Bertz CT molecular complexity index is 991. The van der Waals surface area contributed by atoms with Crippen molar-refractivity contribution in [2.75, 3.05) is 26.2 Å². The number of piperidine rings is 1. The van der Waals surface area contributed by atoms with Crippen LogP contribution < -0.4 is 10.6 Å². The summed E-state index contributed by atoms with van der Waals surface area (Å²) in [5, 5.41) is 15.0. The lowest BCUT2D eigenvalue weighted by atomic mass is 9.95. The van der Waals surface area contributed by atoms with Gasteiger partial charge in [0, 0.05) is 43.7 Å². The summed E-state index contributed by atoms with van der Waals surface area (Å²) in [4.78, 5) is 38.3. The molecule has 1 aliphatic rings. The quantitative estimate of drug-likeness (QED) is 0.570. The van der Waals surface area contributed by atoms with Gasteiger partial charge in [-0.2, -0.15) is 0 Å². The van der Waals surface area contributed by atoms with E-state index in [0.717, 1.165) is 12.1 Å². The van der Waals surface area contributed by atoms with Crippen molar-refractivity contribution >= 4 is 17.7 Å². The lowest BCUT2D eigenvalue weighted by molar-refractivity contribution is -0.126. The van der Waals surface area contributed by atoms with Crippen LogP contribution >= 0.6 is 0 Å². The van der Waals surface area contributed by atoms with Crippen LogP contribution in [0.15, 0.2) is 42.5 Å². The molecule has 1 heterocycles. The van der Waals surface area contributed by atoms with Crippen molar-refractivity contribution in [3.05, 3.63) is 65.2 Å². The smallest absolute Gasteiger partial charge is 0.256 e. The molecule has 0 radical (unpaired) electrons. The molecule has 1 saturated heterocycles. The monoisotopic (exact) mass is 445 g/mol. The topological polar surface area (TPSA) is 98.7 Å². The van der Waals surface area contributed by atoms with Gasteiger partial charge in [-0.3, -0.25) is 14.4 Å². The first-order valence-electron chi connectivity index (χ1n) is 10.4. The first-order chi connectivity index (χ1) is 15.3. The Hall–Kier alpha value is -3.49. The Morgan fingerprint density at radius 3 is 2.41 bits per heavy atom. The van der Waals surface area contributed by atoms with E-state index in [1.165, 1.54) is 17.0 Å². The molecule has 2 aromatic carbocycles. The molecule has 0 unspecified atom stereocenters. The molecule has 0 spiro atoms. The normalized spacial score (nSPS) is 14.1. The molecule has 1 fully saturated rings. The second-order valence-electron chi connectivity index (χ2n) is 7.64. The highest BCUT2D eigenvalue weighted by Gasteiger charge is 2.28. The number of halogens is 2. The molecule has 1 aliphatic heterocycles. The fraction of sp³-hybridized carbons (Fsp3) is 0.348. The van der Waals surface area contributed by atoms with E-state index in [4.69, 9.17) is 0 Å². The van der Waals surface area contributed by atoms with E-state index in [9.17, 15) is 28.3 Å². The lowest BCUT2D eigenvalue weighted by Gasteiger charge is -2.31. The first kappa shape index (κ1) is 23.2. The maximum Gasteiger partial charge on any atom is 0.256 e. The number of aromatic hydroxyl groups is 1. The third-order valence-corrected chi connectivity index (χ3v) is 5.36. The summed E-state index contributed by atoms with van der Waals surface area (Å²) in [5.74, 6) is -2.81. The number of nitrogens with zero attached hydrogens (tertiary/aromatic N) is 1. The van der Waals surface area contributed by atoms with Crippen LogP contribution in [0.25, 0.3) is 0 Å². The first-order valence-corrected chi connectivity index (χ1v) is 10.4. The highest BCUT2D eigenvalue weighted by molar-refractivity contribution is 5.95. The minimum absolute atomic E-state index is 0.0143. The van der Waals surface area contributed by atoms with Crippen LogP contribution in [0.2, 0.25) is 0 Å². The van der Waals surface area contributed by atoms with Gasteiger partial charge in [0.1, 0.15) is 17.4 Å². The molecule has 3 N–H and O–H groups in total. The third kappa shape index (κ3) is 6.03. The van der Waals surface area contributed by atoms with Crippen molar-refractivity contribution in [3.8, 4) is 5.75 Å². The van der Waals surface area contributed by atoms with E-state index in [-0.39, 0.29) is 29.0 Å². The number of carbonyl (C=O) groups is 3. The number of nitrogens with one attached hydrogen (secondary N) is 2. The van der Waals surface area contributed by atoms with Crippen LogP contribution in [-0.2, 0) is 4.79 Å². The minimum atomic E-state index is -0.897. The summed E-state index contributed by atoms with van der Waals surface area (Å²) in [5.41, 5.74) is 0.179. The zero-order valence-corrected chi connectivity index (χ0v) is 17.4. The fourth-order valence-corrected chi connectivity index (χ4v) is 3.57. The van der Waals surface area contributed by atoms with E-state index in [2.05, 4.69) is 10.6 Å². The van der Waals surface area contributed by atoms with Crippen molar-refractivity contribution < 1.29 is 28.3 Å². The van der Waals surface area contributed by atoms with Gasteiger partial charge in [-0.05, 0) is 49.6 Å². The van der Waals surface area contributed by atoms with Gasteiger partial charge >= 0.3 is 0 Å². The van der Waals surface area contributed by atoms with E-state index in [1.54, 1.807) is 12.1 Å². The Kier molecular flexibility index (Phi) is 7.75. The minimum Gasteiger partial charge on any atom is -0.508 e. The molecule has 0 aliphatic carbocycles. The van der Waals surface area contributed by atoms with Gasteiger partial charge in [-0.1, -0.05) is 6.07 Å². The second kappa shape index (κ2) is 10.7. The number of phenols is 1. The third-order valence-electron chi connectivity index (χ3n) is 5.36. The largest absolute Gasteiger partial charge is 0.508 e. The summed E-state index contributed by atoms with van der Waals surface area (Å²) in [6.45, 7) is 1.38. The van der Waals surface area contributed by atoms with E-state index in [1.807, 2.05) is 0 Å². The summed E-state index contributed by atoms with van der Waals surface area (Å²) in [6, 6.07) is 8.89. The fourth-order valence-electron chi connectivity index (χ4n) is 3.57. The maximum atomic E-state index is 13.8. The second-order valence-corrected chi connectivity index (χ2v) is 7.64. The molecule has 9 heteroatoms. The van der Waals surface area contributed by atoms with Gasteiger partial charge in [0.15, 0.2) is 0 Å². The van der Waals surface area contributed by atoms with Crippen LogP contribution in [0.5, 0.6) is 5.75 Å². The molecular weight excluding hydrogens is 420 g/mol. The summed E-state index contributed by atoms with van der Waals surface area (Å²) < 4.78 is 26.9. The molecular formula is C23H25F2N3O4. The number of hydrogen-bond donors (Lipinski definition) is 3. The van der Waals surface area contributed by atoms with Crippen LogP contribution in [0, 0.1) is 17.6 Å². The molecule has 170 valence electrons. The van der Waals surface area contributed by atoms with Crippen molar-refractivity contribution in [2.45, 2.75) is 19.3 Å². The standard InChI is InChI=1S/C23H25F2N3O4/c24-17-5-6-19(20(25)14-17)23(32)28-11-7-15(8-12-28)21(30)26-9-2-10-27-22(31)16-3-1-4-18(29)13-16/h1,3-6,13-15,29H,2,7-12H2,(H,26,30)(H,27,31). The van der Waals surface area contributed by atoms with Crippen LogP contribution in [0.1, 0.15) is 40.0 Å². The molecule has 3 amide bonds. The number of rotatable bonds is 7. The van der Waals surface area contributed by atoms with Gasteiger partial charge < -0.3 is 20.6 Å². The number of hydrogen-bond acceptors (Lipinski definition) is 4. The van der Waals surface area contributed by atoms with Gasteiger partial charge in [-0.25, -0.2) is 8.78 Å². The maximum absolute atomic E-state index is 13.8. The highest BCUT2D eigenvalue weighted by atomic mass is 19.1. The number of amides is 3. The lowest BCUT2D eigenvalue weighted by Crippen LogP contribution is -2.43. The number of carbonyl (C=O) groups excluding carboxylic acids is 3. The van der Waals surface area contributed by atoms with Gasteiger partial charge in [0.05, 0.1) is 5.56 Å². The zero-order chi connectivity index (χ0) is 23.1. The molecule has 0 aromatic heterocycles. The van der Waals surface area contributed by atoms with Gasteiger partial charge in [-0.15, -0.1) is 0 Å². The molecule has 7 nitrogen and oxygen atoms in total. The summed E-state index contributed by atoms with van der Waals surface area (Å²) in [7, 11) is 0. The zero-order valence-electron chi connectivity index (χ0n) is 17.4. The Morgan fingerprint density at radius 2 is 1.72 bits per heavy atom. The molecule has 32 heavy (non-hydrogen) atoms. The average Bonchev–Trinajstić information content (AvgIpc) is 2.78. The SMILES string of the molecule is O=C(NCCCNC(=O)C1CCN(C(=O)c2ccc(F)cc2F)CC1)c1cccc(O)c1. The Balaban J connectivity index is 1.35. The van der Waals surface area contributed by atoms with Crippen molar-refractivity contribution in [1.82, 2.24) is 15.5 Å². The van der Waals surface area contributed by atoms with Crippen molar-refractivity contribution in [3.63, 3.8) is 0 Å². The van der Waals surface area contributed by atoms with E-state index < -0.39 is 17.5 Å².